The highest BCUT2D eigenvalue weighted by molar-refractivity contribution is 5.93. The first-order valence-electron chi connectivity index (χ1n) is 6.58. The number of anilines is 1. The summed E-state index contributed by atoms with van der Waals surface area (Å²) in [6.45, 7) is 8.86. The molecule has 0 radical (unpaired) electrons. The number of hydrogen-bond acceptors (Lipinski definition) is 2. The Morgan fingerprint density at radius 1 is 1.22 bits per heavy atom. The van der Waals surface area contributed by atoms with Gasteiger partial charge in [0.25, 0.3) is 0 Å². The molecule has 2 rings (SSSR count). The summed E-state index contributed by atoms with van der Waals surface area (Å²) < 4.78 is 0. The molecule has 0 saturated heterocycles. The molecule has 0 aliphatic rings. The molecule has 2 aromatic rings. The van der Waals surface area contributed by atoms with Gasteiger partial charge >= 0.3 is 0 Å². The van der Waals surface area contributed by atoms with Gasteiger partial charge in [-0.25, -0.2) is 0 Å². The van der Waals surface area contributed by atoms with Gasteiger partial charge < -0.3 is 5.32 Å². The number of aryl methyl sites for hydroxylation is 1. The monoisotopic (exact) mass is 242 g/mol. The van der Waals surface area contributed by atoms with Crippen molar-refractivity contribution in [3.63, 3.8) is 0 Å². The van der Waals surface area contributed by atoms with Crippen LogP contribution in [0.15, 0.2) is 24.3 Å². The van der Waals surface area contributed by atoms with Crippen molar-refractivity contribution in [2.45, 2.75) is 39.5 Å². The van der Waals surface area contributed by atoms with Gasteiger partial charge in [0, 0.05) is 23.8 Å². The second-order valence-corrected chi connectivity index (χ2v) is 5.72. The smallest absolute Gasteiger partial charge is 0.0763 e. The third-order valence-electron chi connectivity index (χ3n) is 3.33. The molecule has 2 heteroatoms. The SMILES string of the molecule is CCc1cc(NC)c2cccc(C(C)(C)C)c2n1. The second-order valence-electron chi connectivity index (χ2n) is 5.72. The molecule has 2 nitrogen and oxygen atoms in total. The van der Waals surface area contributed by atoms with Gasteiger partial charge in [-0.2, -0.15) is 0 Å². The van der Waals surface area contributed by atoms with Crippen LogP contribution in [-0.4, -0.2) is 12.0 Å². The van der Waals surface area contributed by atoms with Crippen LogP contribution < -0.4 is 5.32 Å². The summed E-state index contributed by atoms with van der Waals surface area (Å²) in [5.74, 6) is 0. The third-order valence-corrected chi connectivity index (χ3v) is 3.33. The second kappa shape index (κ2) is 4.60. The average Bonchev–Trinajstić information content (AvgIpc) is 2.35. The minimum absolute atomic E-state index is 0.115. The standard InChI is InChI=1S/C16H22N2/c1-6-11-10-14(17-5)12-8-7-9-13(15(12)18-11)16(2,3)4/h7-10H,6H2,1-5H3,(H,17,18). The lowest BCUT2D eigenvalue weighted by Gasteiger charge is -2.21. The van der Waals surface area contributed by atoms with Gasteiger partial charge in [-0.05, 0) is 23.5 Å². The van der Waals surface area contributed by atoms with E-state index in [0.717, 1.165) is 17.6 Å². The maximum atomic E-state index is 4.83. The highest BCUT2D eigenvalue weighted by Gasteiger charge is 2.18. The first kappa shape index (κ1) is 12.9. The molecule has 0 spiro atoms. The fourth-order valence-electron chi connectivity index (χ4n) is 2.29. The lowest BCUT2D eigenvalue weighted by Crippen LogP contribution is -2.13. The van der Waals surface area contributed by atoms with Gasteiger partial charge in [-0.15, -0.1) is 0 Å². The lowest BCUT2D eigenvalue weighted by atomic mass is 9.85. The predicted octanol–water partition coefficient (Wildman–Crippen LogP) is 4.14. The molecule has 1 heterocycles. The van der Waals surface area contributed by atoms with Gasteiger partial charge in [-0.3, -0.25) is 4.98 Å². The number of nitrogens with zero attached hydrogens (tertiary/aromatic N) is 1. The zero-order valence-electron chi connectivity index (χ0n) is 12.0. The summed E-state index contributed by atoms with van der Waals surface area (Å²) in [7, 11) is 1.97. The van der Waals surface area contributed by atoms with Crippen molar-refractivity contribution in [3.8, 4) is 0 Å². The fraction of sp³-hybridized carbons (Fsp3) is 0.438. The Kier molecular flexibility index (Phi) is 3.29. The van der Waals surface area contributed by atoms with Gasteiger partial charge in [0.1, 0.15) is 0 Å². The van der Waals surface area contributed by atoms with Gasteiger partial charge in [0.2, 0.25) is 0 Å². The van der Waals surface area contributed by atoms with Gasteiger partial charge in [0.15, 0.2) is 0 Å². The Morgan fingerprint density at radius 3 is 2.50 bits per heavy atom. The van der Waals surface area contributed by atoms with Crippen molar-refractivity contribution in [3.05, 3.63) is 35.5 Å². The molecular formula is C16H22N2. The number of fused-ring (bicyclic) bond motifs is 1. The zero-order valence-corrected chi connectivity index (χ0v) is 12.0. The predicted molar refractivity (Wildman–Crippen MR) is 79.4 cm³/mol. The molecule has 0 aliphatic heterocycles. The van der Waals surface area contributed by atoms with E-state index in [-0.39, 0.29) is 5.41 Å². The van der Waals surface area contributed by atoms with E-state index in [1.54, 1.807) is 0 Å². The summed E-state index contributed by atoms with van der Waals surface area (Å²) in [6.07, 6.45) is 0.961. The molecule has 0 fully saturated rings. The summed E-state index contributed by atoms with van der Waals surface area (Å²) in [6, 6.07) is 8.60. The summed E-state index contributed by atoms with van der Waals surface area (Å²) in [5.41, 5.74) is 4.87. The molecule has 1 N–H and O–H groups in total. The van der Waals surface area contributed by atoms with Crippen molar-refractivity contribution < 1.29 is 0 Å². The molecular weight excluding hydrogens is 220 g/mol. The molecule has 96 valence electrons. The van der Waals surface area contributed by atoms with Crippen LogP contribution in [0.25, 0.3) is 10.9 Å². The number of nitrogens with one attached hydrogen (secondary N) is 1. The Morgan fingerprint density at radius 2 is 1.94 bits per heavy atom. The number of benzene rings is 1. The first-order chi connectivity index (χ1) is 8.47. The largest absolute Gasteiger partial charge is 0.388 e. The van der Waals surface area contributed by atoms with Crippen LogP contribution in [-0.2, 0) is 11.8 Å². The molecule has 0 aliphatic carbocycles. The summed E-state index contributed by atoms with van der Waals surface area (Å²) in [5, 5.41) is 4.49. The molecule has 18 heavy (non-hydrogen) atoms. The normalized spacial score (nSPS) is 11.8. The van der Waals surface area contributed by atoms with Crippen LogP contribution in [0.3, 0.4) is 0 Å². The zero-order chi connectivity index (χ0) is 13.3. The molecule has 0 amide bonds. The quantitative estimate of drug-likeness (QED) is 0.856. The van der Waals surface area contributed by atoms with Crippen molar-refractivity contribution in [1.29, 1.82) is 0 Å². The van der Waals surface area contributed by atoms with Crippen LogP contribution in [0.2, 0.25) is 0 Å². The maximum absolute atomic E-state index is 4.83. The Hall–Kier alpha value is -1.57. The summed E-state index contributed by atoms with van der Waals surface area (Å²) in [4.78, 5) is 4.83. The van der Waals surface area contributed by atoms with Crippen LogP contribution in [0.5, 0.6) is 0 Å². The molecule has 0 atom stereocenters. The Balaban J connectivity index is 2.83. The van der Waals surface area contributed by atoms with E-state index >= 15 is 0 Å². The van der Waals surface area contributed by atoms with E-state index in [4.69, 9.17) is 4.98 Å². The van der Waals surface area contributed by atoms with E-state index < -0.39 is 0 Å². The van der Waals surface area contributed by atoms with E-state index in [9.17, 15) is 0 Å². The Labute approximate surface area is 109 Å². The molecule has 0 unspecified atom stereocenters. The highest BCUT2D eigenvalue weighted by Crippen LogP contribution is 2.32. The van der Waals surface area contributed by atoms with Crippen LogP contribution >= 0.6 is 0 Å². The Bertz CT molecular complexity index is 565. The molecule has 1 aromatic carbocycles. The number of para-hydroxylation sites is 1. The number of aromatic nitrogens is 1. The van der Waals surface area contributed by atoms with Crippen LogP contribution in [0.4, 0.5) is 5.69 Å². The molecule has 1 aromatic heterocycles. The van der Waals surface area contributed by atoms with Crippen molar-refractivity contribution in [2.75, 3.05) is 12.4 Å². The summed E-state index contributed by atoms with van der Waals surface area (Å²) >= 11 is 0. The number of rotatable bonds is 2. The van der Waals surface area contributed by atoms with Crippen molar-refractivity contribution in [1.82, 2.24) is 4.98 Å². The average molecular weight is 242 g/mol. The van der Waals surface area contributed by atoms with Crippen LogP contribution in [0.1, 0.15) is 39.0 Å². The molecule has 0 saturated carbocycles. The highest BCUT2D eigenvalue weighted by atomic mass is 14.8. The van der Waals surface area contributed by atoms with E-state index in [2.05, 4.69) is 57.3 Å². The van der Waals surface area contributed by atoms with E-state index in [0.29, 0.717) is 0 Å². The third kappa shape index (κ3) is 2.20. The van der Waals surface area contributed by atoms with Crippen LogP contribution in [0, 0.1) is 0 Å². The van der Waals surface area contributed by atoms with E-state index in [1.165, 1.54) is 16.6 Å². The van der Waals surface area contributed by atoms with Gasteiger partial charge in [0.05, 0.1) is 5.52 Å². The molecule has 0 bridgehead atoms. The number of hydrogen-bond donors (Lipinski definition) is 1. The lowest BCUT2D eigenvalue weighted by molar-refractivity contribution is 0.594. The van der Waals surface area contributed by atoms with Gasteiger partial charge in [-0.1, -0.05) is 45.9 Å². The first-order valence-corrected chi connectivity index (χ1v) is 6.58. The topological polar surface area (TPSA) is 24.9 Å². The minimum Gasteiger partial charge on any atom is -0.388 e. The minimum atomic E-state index is 0.115. The van der Waals surface area contributed by atoms with Crippen molar-refractivity contribution in [2.24, 2.45) is 0 Å². The van der Waals surface area contributed by atoms with Crippen molar-refractivity contribution >= 4 is 16.6 Å². The fourth-order valence-corrected chi connectivity index (χ4v) is 2.29. The maximum Gasteiger partial charge on any atom is 0.0763 e. The van der Waals surface area contributed by atoms with E-state index in [1.807, 2.05) is 7.05 Å². The number of pyridine rings is 1.